The molecule has 168 valence electrons. The fourth-order valence-electron chi connectivity index (χ4n) is 3.74. The number of rotatable bonds is 19. The van der Waals surface area contributed by atoms with E-state index >= 15 is 0 Å². The summed E-state index contributed by atoms with van der Waals surface area (Å²) >= 11 is 0. The smallest absolute Gasteiger partial charge is 0.218 e. The number of ether oxygens (including phenoxy) is 1. The summed E-state index contributed by atoms with van der Waals surface area (Å²) in [6.07, 6.45) is 26.5. The van der Waals surface area contributed by atoms with Crippen LogP contribution in [0.2, 0.25) is 0 Å². The number of likely N-dealkylation sites (tertiary alicyclic amines) is 1. The van der Waals surface area contributed by atoms with Gasteiger partial charge in [0.05, 0.1) is 6.10 Å². The van der Waals surface area contributed by atoms with Crippen molar-refractivity contribution >= 4 is 5.91 Å². The number of allylic oxidation sites excluding steroid dienone is 4. The van der Waals surface area contributed by atoms with Crippen molar-refractivity contribution in [1.29, 1.82) is 0 Å². The van der Waals surface area contributed by atoms with Gasteiger partial charge < -0.3 is 15.4 Å². The molecule has 29 heavy (non-hydrogen) atoms. The Morgan fingerprint density at radius 3 is 2.31 bits per heavy atom. The molecule has 0 aromatic carbocycles. The van der Waals surface area contributed by atoms with Crippen LogP contribution in [0.5, 0.6) is 0 Å². The van der Waals surface area contributed by atoms with E-state index in [0.717, 1.165) is 39.1 Å². The zero-order chi connectivity index (χ0) is 21.0. The first kappa shape index (κ1) is 25.9. The molecule has 0 aliphatic carbocycles. The second-order valence-corrected chi connectivity index (χ2v) is 8.38. The van der Waals surface area contributed by atoms with Crippen molar-refractivity contribution in [1.82, 2.24) is 4.90 Å². The minimum atomic E-state index is -0.212. The van der Waals surface area contributed by atoms with Gasteiger partial charge in [-0.25, -0.2) is 0 Å². The molecule has 1 saturated heterocycles. The van der Waals surface area contributed by atoms with E-state index in [2.05, 4.69) is 36.1 Å². The predicted octanol–water partition coefficient (Wildman–Crippen LogP) is 5.77. The molecular weight excluding hydrogens is 360 g/mol. The van der Waals surface area contributed by atoms with E-state index in [1.807, 2.05) is 0 Å². The van der Waals surface area contributed by atoms with Crippen LogP contribution < -0.4 is 5.73 Å². The van der Waals surface area contributed by atoms with Crippen molar-refractivity contribution in [2.24, 2.45) is 5.73 Å². The number of carbonyl (C=O) groups excluding carboxylic acids is 1. The summed E-state index contributed by atoms with van der Waals surface area (Å²) in [7, 11) is 0. The Hall–Kier alpha value is -1.13. The fourth-order valence-corrected chi connectivity index (χ4v) is 3.74. The van der Waals surface area contributed by atoms with Crippen LogP contribution in [-0.4, -0.2) is 43.2 Å². The summed E-state index contributed by atoms with van der Waals surface area (Å²) < 4.78 is 5.99. The maximum Gasteiger partial charge on any atom is 0.218 e. The lowest BCUT2D eigenvalue weighted by atomic mass is 10.1. The lowest BCUT2D eigenvalue weighted by molar-refractivity contribution is -0.118. The van der Waals surface area contributed by atoms with E-state index < -0.39 is 0 Å². The number of primary amides is 1. The Kier molecular flexibility index (Phi) is 16.9. The van der Waals surface area contributed by atoms with Crippen LogP contribution in [0.25, 0.3) is 0 Å². The molecule has 4 heteroatoms. The average Bonchev–Trinajstić information content (AvgIpc) is 3.16. The quantitative estimate of drug-likeness (QED) is 0.219. The van der Waals surface area contributed by atoms with Gasteiger partial charge in [0.2, 0.25) is 5.91 Å². The molecule has 0 saturated carbocycles. The van der Waals surface area contributed by atoms with E-state index in [1.54, 1.807) is 0 Å². The zero-order valence-corrected chi connectivity index (χ0v) is 19.0. The van der Waals surface area contributed by atoms with Crippen molar-refractivity contribution in [3.8, 4) is 0 Å². The molecule has 0 spiro atoms. The first-order chi connectivity index (χ1) is 14.2. The van der Waals surface area contributed by atoms with Crippen molar-refractivity contribution < 1.29 is 9.53 Å². The van der Waals surface area contributed by atoms with Gasteiger partial charge >= 0.3 is 0 Å². The Morgan fingerprint density at radius 1 is 0.966 bits per heavy atom. The first-order valence-corrected chi connectivity index (χ1v) is 12.1. The summed E-state index contributed by atoms with van der Waals surface area (Å²) in [6, 6.07) is 0. The van der Waals surface area contributed by atoms with Crippen LogP contribution in [0.1, 0.15) is 96.8 Å². The van der Waals surface area contributed by atoms with Gasteiger partial charge in [-0.1, -0.05) is 69.8 Å². The van der Waals surface area contributed by atoms with Gasteiger partial charge in [0.25, 0.3) is 0 Å². The molecule has 1 aliphatic heterocycles. The van der Waals surface area contributed by atoms with Crippen LogP contribution >= 0.6 is 0 Å². The summed E-state index contributed by atoms with van der Waals surface area (Å²) in [6.45, 7) is 5.89. The molecule has 1 aliphatic rings. The molecule has 1 rings (SSSR count). The van der Waals surface area contributed by atoms with E-state index in [-0.39, 0.29) is 5.91 Å². The minimum Gasteiger partial charge on any atom is -0.377 e. The Labute approximate surface area is 179 Å². The van der Waals surface area contributed by atoms with Crippen molar-refractivity contribution in [2.45, 2.75) is 103 Å². The minimum absolute atomic E-state index is 0.212. The predicted molar refractivity (Wildman–Crippen MR) is 124 cm³/mol. The maximum absolute atomic E-state index is 10.8. The largest absolute Gasteiger partial charge is 0.377 e. The second kappa shape index (κ2) is 18.9. The number of amides is 1. The van der Waals surface area contributed by atoms with Crippen LogP contribution in [0, 0.1) is 0 Å². The molecule has 0 bridgehead atoms. The number of nitrogens with two attached hydrogens (primary N) is 1. The molecule has 1 atom stereocenters. The molecule has 1 fully saturated rings. The van der Waals surface area contributed by atoms with Crippen LogP contribution in [0.3, 0.4) is 0 Å². The molecule has 1 heterocycles. The second-order valence-electron chi connectivity index (χ2n) is 8.38. The lowest BCUT2D eigenvalue weighted by Gasteiger charge is -2.15. The molecule has 0 aromatic heterocycles. The van der Waals surface area contributed by atoms with Gasteiger partial charge in [-0.2, -0.15) is 0 Å². The van der Waals surface area contributed by atoms with E-state index in [0.29, 0.717) is 12.5 Å². The standard InChI is InChI=1S/C25H46N2O2/c1-2-3-4-5-6-7-8-9-10-11-12-13-14-15-16-17-22-29-24-18-20-27(23-24)21-19-25(26)28/h6-7,9-10,24H,2-5,8,11-23H2,1H3,(H2,26,28)/b7-6-,10-9-. The lowest BCUT2D eigenvalue weighted by Crippen LogP contribution is -2.27. The molecular formula is C25H46N2O2. The molecule has 4 nitrogen and oxygen atoms in total. The van der Waals surface area contributed by atoms with Crippen molar-refractivity contribution in [3.63, 3.8) is 0 Å². The van der Waals surface area contributed by atoms with Crippen LogP contribution in [0.4, 0.5) is 0 Å². The van der Waals surface area contributed by atoms with Crippen LogP contribution in [0.15, 0.2) is 24.3 Å². The molecule has 0 aromatic rings. The number of hydrogen-bond donors (Lipinski definition) is 1. The zero-order valence-electron chi connectivity index (χ0n) is 19.0. The summed E-state index contributed by atoms with van der Waals surface area (Å²) in [4.78, 5) is 13.1. The summed E-state index contributed by atoms with van der Waals surface area (Å²) in [5, 5.41) is 0. The topological polar surface area (TPSA) is 55.6 Å². The third-order valence-corrected chi connectivity index (χ3v) is 5.60. The average molecular weight is 407 g/mol. The van der Waals surface area contributed by atoms with Crippen molar-refractivity contribution in [3.05, 3.63) is 24.3 Å². The van der Waals surface area contributed by atoms with Gasteiger partial charge in [0, 0.05) is 32.7 Å². The number of unbranched alkanes of at least 4 members (excludes halogenated alkanes) is 9. The van der Waals surface area contributed by atoms with Gasteiger partial charge in [-0.05, 0) is 44.9 Å². The highest BCUT2D eigenvalue weighted by atomic mass is 16.5. The van der Waals surface area contributed by atoms with Gasteiger partial charge in [-0.3, -0.25) is 4.79 Å². The monoisotopic (exact) mass is 406 g/mol. The summed E-state index contributed by atoms with van der Waals surface area (Å²) in [5.74, 6) is -0.212. The Bertz CT molecular complexity index is 448. The first-order valence-electron chi connectivity index (χ1n) is 12.1. The molecule has 2 N–H and O–H groups in total. The highest BCUT2D eigenvalue weighted by Crippen LogP contribution is 2.14. The number of carbonyl (C=O) groups is 1. The highest BCUT2D eigenvalue weighted by molar-refractivity contribution is 5.73. The molecule has 1 amide bonds. The Morgan fingerprint density at radius 2 is 1.62 bits per heavy atom. The third-order valence-electron chi connectivity index (χ3n) is 5.60. The number of hydrogen-bond acceptors (Lipinski definition) is 3. The maximum atomic E-state index is 10.8. The van der Waals surface area contributed by atoms with Gasteiger partial charge in [0.15, 0.2) is 0 Å². The van der Waals surface area contributed by atoms with E-state index in [4.69, 9.17) is 10.5 Å². The molecule has 0 radical (unpaired) electrons. The normalized spacial score (nSPS) is 17.8. The third kappa shape index (κ3) is 16.4. The van der Waals surface area contributed by atoms with E-state index in [9.17, 15) is 4.79 Å². The highest BCUT2D eigenvalue weighted by Gasteiger charge is 2.22. The fraction of sp³-hybridized carbons (Fsp3) is 0.800. The van der Waals surface area contributed by atoms with Crippen molar-refractivity contribution in [2.75, 3.05) is 26.2 Å². The SMILES string of the molecule is CCCCC/C=C\C/C=C\CCCCCCCCOC1CCN(CCC(N)=O)C1. The molecule has 1 unspecified atom stereocenters. The van der Waals surface area contributed by atoms with E-state index in [1.165, 1.54) is 70.6 Å². The Balaban J connectivity index is 1.80. The summed E-state index contributed by atoms with van der Waals surface area (Å²) in [5.41, 5.74) is 5.21. The van der Waals surface area contributed by atoms with Crippen LogP contribution in [-0.2, 0) is 9.53 Å². The van der Waals surface area contributed by atoms with Gasteiger partial charge in [0.1, 0.15) is 0 Å². The number of nitrogens with zero attached hydrogens (tertiary/aromatic N) is 1. The van der Waals surface area contributed by atoms with Gasteiger partial charge in [-0.15, -0.1) is 0 Å².